The van der Waals surface area contributed by atoms with Crippen molar-refractivity contribution in [3.05, 3.63) is 130 Å². The fourth-order valence-electron chi connectivity index (χ4n) is 10.6. The highest BCUT2D eigenvalue weighted by Gasteiger charge is 2.36. The summed E-state index contributed by atoms with van der Waals surface area (Å²) in [6, 6.07) is -21.6. The Hall–Kier alpha value is -12.8. The molecule has 4 aromatic rings. The van der Waals surface area contributed by atoms with Gasteiger partial charge in [-0.05, 0) is 128 Å². The van der Waals surface area contributed by atoms with E-state index < -0.39 is 238 Å². The summed E-state index contributed by atoms with van der Waals surface area (Å²) in [6.45, 7) is 12.5. The summed E-state index contributed by atoms with van der Waals surface area (Å²) in [5.41, 5.74) is 15.2. The molecule has 0 saturated carbocycles. The number of nitrogens with two attached hydrogens (primary N) is 4. The lowest BCUT2D eigenvalue weighted by molar-refractivity contribution is -0.136. The summed E-state index contributed by atoms with van der Waals surface area (Å²) in [5.74, 6) is -14.5. The number of rotatable bonds is 43. The SMILES string of the molecule is Cc1cn(C[C@H](NC(=O)[C@H](C)NC(=O)[C@H](C)NC(=O)[C@H](Cn2cc(C)c(=O)[nH]c2=O)NC(=O)[C@H](C)NC(=O)[C@H](C)NC(=O)[C@H](Cn2cc(C)c(=O)[nH]c2=O)NC(=O)[C@H](C)NC(=O)[C@@H](N)CCCCN)C(=O)N[C@@H](C)C(=O)N[C@@H](C)C(=O)N[C@@H](Cn2cc(C)c(=O)[nH]c2=O)C(=O)N[C@@H](C)C(=O)N[C@@H](CCCCN)C(N)=O)c(=O)[nH]c1=O. The average Bonchev–Trinajstić information content (AvgIpc) is 0.816. The minimum Gasteiger partial charge on any atom is -0.368 e. The van der Waals surface area contributed by atoms with Crippen LogP contribution in [0.5, 0.6) is 0 Å². The lowest BCUT2D eigenvalue weighted by Crippen LogP contribution is -2.61. The molecule has 115 heavy (non-hydrogen) atoms. The van der Waals surface area contributed by atoms with Crippen LogP contribution in [0.15, 0.2) is 63.1 Å². The molecule has 14 atom stereocenters. The largest absolute Gasteiger partial charge is 0.368 e. The third kappa shape index (κ3) is 29.0. The van der Waals surface area contributed by atoms with Gasteiger partial charge in [-0.3, -0.25) is 125 Å². The molecule has 4 heterocycles. The van der Waals surface area contributed by atoms with Crippen molar-refractivity contribution in [3.8, 4) is 0 Å². The molecule has 0 spiro atoms. The summed E-state index contributed by atoms with van der Waals surface area (Å²) in [6.07, 6.45) is 6.65. The second-order valence-electron chi connectivity index (χ2n) is 27.6. The van der Waals surface area contributed by atoms with E-state index in [2.05, 4.69) is 79.1 Å². The summed E-state index contributed by atoms with van der Waals surface area (Å²) in [7, 11) is 0. The highest BCUT2D eigenvalue weighted by Crippen LogP contribution is 2.06. The van der Waals surface area contributed by atoms with Crippen LogP contribution in [0.4, 0.5) is 0 Å². The second kappa shape index (κ2) is 43.8. The van der Waals surface area contributed by atoms with E-state index in [-0.39, 0.29) is 35.1 Å². The number of carbonyl (C=O) groups excluding carboxylic acids is 14. The minimum absolute atomic E-state index is 0.0197. The maximum Gasteiger partial charge on any atom is 0.328 e. The fraction of sp³-hybridized carbons (Fsp3) is 0.559. The highest BCUT2D eigenvalue weighted by atomic mass is 16.2. The molecule has 4 aromatic heterocycles. The van der Waals surface area contributed by atoms with E-state index in [0.29, 0.717) is 38.8 Å². The van der Waals surface area contributed by atoms with Crippen molar-refractivity contribution in [1.82, 2.24) is 107 Å². The van der Waals surface area contributed by atoms with Crippen molar-refractivity contribution in [2.45, 2.75) is 232 Å². The zero-order valence-corrected chi connectivity index (χ0v) is 65.5. The Balaban J connectivity index is 1.51. The van der Waals surface area contributed by atoms with Crippen LogP contribution in [-0.4, -0.2) is 219 Å². The maximum atomic E-state index is 14.2. The highest BCUT2D eigenvalue weighted by molar-refractivity contribution is 6.00. The van der Waals surface area contributed by atoms with Crippen molar-refractivity contribution in [2.75, 3.05) is 13.1 Å². The number of carbonyl (C=O) groups is 14. The van der Waals surface area contributed by atoms with Crippen LogP contribution in [0.1, 0.15) is 116 Å². The van der Waals surface area contributed by atoms with Crippen molar-refractivity contribution in [1.29, 1.82) is 0 Å². The molecule has 0 fully saturated rings. The topological polar surface area (TPSA) is 719 Å². The Kier molecular flexibility index (Phi) is 36.1. The first-order chi connectivity index (χ1) is 53.8. The normalized spacial score (nSPS) is 14.8. The molecule has 0 bridgehead atoms. The Morgan fingerprint density at radius 2 is 0.487 bits per heavy atom. The molecule has 0 unspecified atom stereocenters. The number of amides is 14. The lowest BCUT2D eigenvalue weighted by atomic mass is 10.1. The van der Waals surface area contributed by atoms with Gasteiger partial charge in [0.2, 0.25) is 82.7 Å². The molecule has 632 valence electrons. The maximum absolute atomic E-state index is 14.2. The van der Waals surface area contributed by atoms with Crippen LogP contribution in [0.2, 0.25) is 0 Å². The molecule has 0 radical (unpaired) electrons. The summed E-state index contributed by atoms with van der Waals surface area (Å²) in [5, 5.41) is 30.7. The summed E-state index contributed by atoms with van der Waals surface area (Å²) < 4.78 is 3.42. The van der Waals surface area contributed by atoms with Crippen LogP contribution in [-0.2, 0) is 93.3 Å². The number of hydrogen-bond donors (Lipinski definition) is 21. The van der Waals surface area contributed by atoms with E-state index in [1.807, 2.05) is 9.97 Å². The molecule has 0 aliphatic carbocycles. The number of unbranched alkanes of at least 4 members (excludes halogenated alkanes) is 2. The molecule has 0 saturated heterocycles. The molecular formula is C68H103N25O22. The van der Waals surface area contributed by atoms with Crippen LogP contribution in [0, 0.1) is 27.7 Å². The van der Waals surface area contributed by atoms with Gasteiger partial charge in [0.25, 0.3) is 22.2 Å². The van der Waals surface area contributed by atoms with Gasteiger partial charge in [0.1, 0.15) is 78.5 Å². The van der Waals surface area contributed by atoms with Crippen LogP contribution in [0.3, 0.4) is 0 Å². The molecule has 14 amide bonds. The van der Waals surface area contributed by atoms with Gasteiger partial charge < -0.3 is 92.1 Å². The van der Waals surface area contributed by atoms with Crippen LogP contribution < -0.4 is 137 Å². The first kappa shape index (κ1) is 94.6. The van der Waals surface area contributed by atoms with Gasteiger partial charge in [0.15, 0.2) is 0 Å². The van der Waals surface area contributed by atoms with Gasteiger partial charge in [0, 0.05) is 47.0 Å². The molecule has 0 aliphatic heterocycles. The van der Waals surface area contributed by atoms with Gasteiger partial charge in [-0.25, -0.2) is 19.2 Å². The van der Waals surface area contributed by atoms with E-state index in [0.717, 1.165) is 77.7 Å². The number of nitrogens with one attached hydrogen (secondary N) is 17. The van der Waals surface area contributed by atoms with E-state index in [1.165, 1.54) is 48.5 Å². The number of hydrogen-bond acceptors (Lipinski definition) is 25. The van der Waals surface area contributed by atoms with E-state index >= 15 is 0 Å². The third-order valence-corrected chi connectivity index (χ3v) is 17.7. The van der Waals surface area contributed by atoms with Gasteiger partial charge in [-0.15, -0.1) is 0 Å². The monoisotopic (exact) mass is 1620 g/mol. The molecule has 0 aliphatic rings. The predicted molar refractivity (Wildman–Crippen MR) is 408 cm³/mol. The van der Waals surface area contributed by atoms with Crippen molar-refractivity contribution in [2.24, 2.45) is 22.9 Å². The number of aryl methyl sites for hydroxylation is 4. The van der Waals surface area contributed by atoms with E-state index in [9.17, 15) is 105 Å². The zero-order valence-electron chi connectivity index (χ0n) is 65.5. The van der Waals surface area contributed by atoms with Crippen molar-refractivity contribution < 1.29 is 67.1 Å². The molecule has 47 heteroatoms. The fourth-order valence-corrected chi connectivity index (χ4v) is 10.6. The average molecular weight is 1620 g/mol. The smallest absolute Gasteiger partial charge is 0.328 e. The Bertz CT molecular complexity index is 4780. The van der Waals surface area contributed by atoms with Crippen LogP contribution in [0.25, 0.3) is 0 Å². The predicted octanol–water partition coefficient (Wildman–Crippen LogP) is -12.0. The summed E-state index contributed by atoms with van der Waals surface area (Å²) >= 11 is 0. The van der Waals surface area contributed by atoms with Gasteiger partial charge >= 0.3 is 22.8 Å². The number of H-pyrrole nitrogens is 4. The van der Waals surface area contributed by atoms with E-state index in [1.54, 1.807) is 0 Å². The molecule has 25 N–H and O–H groups in total. The van der Waals surface area contributed by atoms with Gasteiger partial charge in [-0.1, -0.05) is 6.42 Å². The number of aromatic nitrogens is 8. The van der Waals surface area contributed by atoms with Crippen molar-refractivity contribution in [3.63, 3.8) is 0 Å². The van der Waals surface area contributed by atoms with Crippen LogP contribution >= 0.6 is 0 Å². The standard InChI is InChI=1S/C68H103N25O22/c1-29-21-90(65(112)86-48(29)95)25-43(83-57(104)37(9)74-54(101)35(7)79-63(110)45(27-92-23-31(3)50(97)88-67(92)114)85-59(106)39(11)76-60(107)41(71)17-13-15-19-69)61(108)77-33(5)52(99)73-36(8)56(103)82-44(26-91-22-30(2)49(96)87-66(91)113)62(109)78-34(6)53(100)75-38(10)58(105)84-46(28-93-24-32(4)51(98)89-68(93)115)64(111)80-40(12)55(102)81-42(47(72)94)18-14-16-20-70/h21-24,33-46H,13-20,25-28,69-71H2,1-12H3,(H2,72,94)(H,73,99)(H,74,101)(H,75,100)(H,76,107)(H,77,108)(H,78,109)(H,79,110)(H,80,111)(H,81,102)(H,82,103)(H,83,104)(H,84,105)(H,85,106)(H,86,95,112)(H,87,96,113)(H,88,97,114)(H,89,98,115)/t33-,34-,35-,36-,37-,38-,39-,40-,41-,42-,43-,44-,45-,46-/m0/s1. The van der Waals surface area contributed by atoms with Gasteiger partial charge in [-0.2, -0.15) is 0 Å². The van der Waals surface area contributed by atoms with E-state index in [4.69, 9.17) is 22.9 Å². The first-order valence-corrected chi connectivity index (χ1v) is 36.4. The van der Waals surface area contributed by atoms with Gasteiger partial charge in [0.05, 0.1) is 32.2 Å². The molecule has 47 nitrogen and oxygen atoms in total. The quantitative estimate of drug-likeness (QED) is 0.0183. The van der Waals surface area contributed by atoms with Crippen molar-refractivity contribution >= 4 is 82.7 Å². The lowest BCUT2D eigenvalue weighted by Gasteiger charge is -2.26. The zero-order chi connectivity index (χ0) is 86.7. The Morgan fingerprint density at radius 1 is 0.296 bits per heavy atom. The third-order valence-electron chi connectivity index (χ3n) is 17.7. The summed E-state index contributed by atoms with van der Waals surface area (Å²) in [4.78, 5) is 300. The molecule has 4 rings (SSSR count). The molecular weight excluding hydrogens is 1520 g/mol. The molecule has 0 aromatic carbocycles. The first-order valence-electron chi connectivity index (χ1n) is 36.4. The minimum atomic E-state index is -1.85. The second-order valence-corrected chi connectivity index (χ2v) is 27.6. The Morgan fingerprint density at radius 3 is 0.704 bits per heavy atom. The number of aromatic amines is 4. The number of nitrogens with zero attached hydrogens (tertiary/aromatic N) is 4. The Labute approximate surface area is 653 Å². The number of primary amides is 1.